The number of hydrogen-bond acceptors (Lipinski definition) is 3. The normalized spacial score (nSPS) is 15.9. The summed E-state index contributed by atoms with van der Waals surface area (Å²) in [5.74, 6) is 1.65. The van der Waals surface area contributed by atoms with E-state index in [0.717, 1.165) is 29.9 Å². The third-order valence-corrected chi connectivity index (χ3v) is 5.60. The Kier molecular flexibility index (Phi) is 5.33. The van der Waals surface area contributed by atoms with E-state index in [0.29, 0.717) is 12.8 Å². The number of benzene rings is 2. The first-order valence-electron chi connectivity index (χ1n) is 10.0. The highest BCUT2D eigenvalue weighted by Gasteiger charge is 2.17. The molecule has 0 saturated heterocycles. The number of nitrogens with one attached hydrogen (secondary N) is 1. The van der Waals surface area contributed by atoms with Crippen LogP contribution in [0.1, 0.15) is 60.9 Å². The van der Waals surface area contributed by atoms with Gasteiger partial charge < -0.3 is 14.8 Å². The first-order chi connectivity index (χ1) is 13.2. The Hall–Kier alpha value is -2.49. The third kappa shape index (κ3) is 4.10. The van der Waals surface area contributed by atoms with Crippen LogP contribution in [0.15, 0.2) is 36.4 Å². The van der Waals surface area contributed by atoms with E-state index in [1.807, 2.05) is 18.2 Å². The van der Waals surface area contributed by atoms with Crippen LogP contribution in [0.5, 0.6) is 11.5 Å². The van der Waals surface area contributed by atoms with Gasteiger partial charge in [-0.3, -0.25) is 4.79 Å². The molecule has 4 rings (SSSR count). The minimum atomic E-state index is 0.0847. The summed E-state index contributed by atoms with van der Waals surface area (Å²) in [6.45, 7) is 2.40. The van der Waals surface area contributed by atoms with E-state index in [4.69, 9.17) is 9.47 Å². The first kappa shape index (κ1) is 17.9. The Labute approximate surface area is 160 Å². The molecule has 0 aromatic heterocycles. The van der Waals surface area contributed by atoms with Gasteiger partial charge in [-0.1, -0.05) is 31.2 Å². The second kappa shape index (κ2) is 8.03. The van der Waals surface area contributed by atoms with Crippen molar-refractivity contribution in [1.82, 2.24) is 5.32 Å². The topological polar surface area (TPSA) is 47.6 Å². The molecule has 2 aromatic rings. The second-order valence-electron chi connectivity index (χ2n) is 7.45. The van der Waals surface area contributed by atoms with Crippen molar-refractivity contribution in [2.75, 3.05) is 6.79 Å². The minimum Gasteiger partial charge on any atom is -0.454 e. The smallest absolute Gasteiger partial charge is 0.231 e. The highest BCUT2D eigenvalue weighted by Crippen LogP contribution is 2.33. The largest absolute Gasteiger partial charge is 0.454 e. The van der Waals surface area contributed by atoms with Crippen molar-refractivity contribution in [2.24, 2.45) is 0 Å². The van der Waals surface area contributed by atoms with Crippen LogP contribution < -0.4 is 14.8 Å². The zero-order valence-corrected chi connectivity index (χ0v) is 15.9. The van der Waals surface area contributed by atoms with Crippen LogP contribution in [0.3, 0.4) is 0 Å². The lowest BCUT2D eigenvalue weighted by molar-refractivity contribution is -0.121. The van der Waals surface area contributed by atoms with Crippen LogP contribution in [0.25, 0.3) is 0 Å². The van der Waals surface area contributed by atoms with Gasteiger partial charge >= 0.3 is 0 Å². The highest BCUT2D eigenvalue weighted by molar-refractivity contribution is 5.76. The van der Waals surface area contributed by atoms with Gasteiger partial charge in [-0.15, -0.1) is 0 Å². The molecule has 0 spiro atoms. The van der Waals surface area contributed by atoms with Crippen molar-refractivity contribution >= 4 is 5.91 Å². The van der Waals surface area contributed by atoms with E-state index in [1.54, 1.807) is 0 Å². The summed E-state index contributed by atoms with van der Waals surface area (Å²) in [5, 5.41) is 3.22. The maximum Gasteiger partial charge on any atom is 0.231 e. The molecule has 27 heavy (non-hydrogen) atoms. The Morgan fingerprint density at radius 1 is 1.04 bits per heavy atom. The van der Waals surface area contributed by atoms with Gasteiger partial charge in [0.2, 0.25) is 12.7 Å². The molecule has 1 N–H and O–H groups in total. The number of hydrogen-bond donors (Lipinski definition) is 1. The lowest BCUT2D eigenvalue weighted by Gasteiger charge is -2.21. The molecule has 1 amide bonds. The summed E-state index contributed by atoms with van der Waals surface area (Å²) in [4.78, 5) is 12.5. The van der Waals surface area contributed by atoms with Gasteiger partial charge in [-0.05, 0) is 72.9 Å². The number of aryl methyl sites for hydroxylation is 3. The predicted molar refractivity (Wildman–Crippen MR) is 105 cm³/mol. The first-order valence-corrected chi connectivity index (χ1v) is 10.0. The number of amides is 1. The average Bonchev–Trinajstić information content (AvgIpc) is 3.18. The van der Waals surface area contributed by atoms with Crippen LogP contribution in [-0.2, 0) is 24.1 Å². The van der Waals surface area contributed by atoms with E-state index >= 15 is 0 Å². The van der Waals surface area contributed by atoms with E-state index < -0.39 is 0 Å². The lowest BCUT2D eigenvalue weighted by Crippen LogP contribution is -2.28. The van der Waals surface area contributed by atoms with Crippen molar-refractivity contribution in [3.8, 4) is 11.5 Å². The summed E-state index contributed by atoms with van der Waals surface area (Å²) >= 11 is 0. The summed E-state index contributed by atoms with van der Waals surface area (Å²) in [5.41, 5.74) is 5.27. The van der Waals surface area contributed by atoms with Crippen molar-refractivity contribution in [3.05, 3.63) is 58.7 Å². The molecular weight excluding hydrogens is 338 g/mol. The molecule has 1 aliphatic carbocycles. The number of carbonyl (C=O) groups excluding carboxylic acids is 1. The molecule has 1 aliphatic heterocycles. The van der Waals surface area contributed by atoms with Crippen LogP contribution in [-0.4, -0.2) is 12.7 Å². The number of fused-ring (bicyclic) bond motifs is 2. The van der Waals surface area contributed by atoms with E-state index in [2.05, 4.69) is 30.4 Å². The molecule has 0 bridgehead atoms. The second-order valence-corrected chi connectivity index (χ2v) is 7.45. The quantitative estimate of drug-likeness (QED) is 0.820. The number of rotatable bonds is 6. The SMILES string of the molecule is CCC(NC(=O)CCc1ccc2c(c1)OCO2)c1ccc2c(c1)CCCC2. The number of ether oxygens (including phenoxy) is 2. The van der Waals surface area contributed by atoms with Crippen molar-refractivity contribution in [3.63, 3.8) is 0 Å². The maximum absolute atomic E-state index is 12.5. The molecule has 2 aliphatic rings. The molecule has 0 radical (unpaired) electrons. The van der Waals surface area contributed by atoms with Crippen LogP contribution in [0.4, 0.5) is 0 Å². The summed E-state index contributed by atoms with van der Waals surface area (Å²) in [7, 11) is 0. The van der Waals surface area contributed by atoms with Crippen molar-refractivity contribution in [1.29, 1.82) is 0 Å². The van der Waals surface area contributed by atoms with Gasteiger partial charge in [-0.2, -0.15) is 0 Å². The standard InChI is InChI=1S/C23H27NO3/c1-2-20(19-10-9-17-5-3-4-6-18(17)14-19)24-23(25)12-8-16-7-11-21-22(13-16)27-15-26-21/h7,9-11,13-14,20H,2-6,8,12,15H2,1H3,(H,24,25). The van der Waals surface area contributed by atoms with E-state index in [-0.39, 0.29) is 18.7 Å². The fourth-order valence-corrected chi connectivity index (χ4v) is 4.01. The maximum atomic E-state index is 12.5. The molecule has 0 saturated carbocycles. The molecule has 4 heteroatoms. The zero-order valence-electron chi connectivity index (χ0n) is 15.9. The average molecular weight is 365 g/mol. The van der Waals surface area contributed by atoms with Crippen molar-refractivity contribution < 1.29 is 14.3 Å². The molecule has 142 valence electrons. The summed E-state index contributed by atoms with van der Waals surface area (Å²) in [6.07, 6.45) is 6.99. The molecule has 4 nitrogen and oxygen atoms in total. The number of carbonyl (C=O) groups is 1. The predicted octanol–water partition coefficient (Wildman–Crippen LogP) is 4.49. The highest BCUT2D eigenvalue weighted by atomic mass is 16.7. The van der Waals surface area contributed by atoms with Gasteiger partial charge in [0, 0.05) is 6.42 Å². The van der Waals surface area contributed by atoms with Gasteiger partial charge in [-0.25, -0.2) is 0 Å². The summed E-state index contributed by atoms with van der Waals surface area (Å²) in [6, 6.07) is 12.7. The minimum absolute atomic E-state index is 0.0847. The molecule has 2 aromatic carbocycles. The fraction of sp³-hybridized carbons (Fsp3) is 0.435. The van der Waals surface area contributed by atoms with Gasteiger partial charge in [0.05, 0.1) is 6.04 Å². The third-order valence-electron chi connectivity index (χ3n) is 5.60. The van der Waals surface area contributed by atoms with Crippen LogP contribution in [0.2, 0.25) is 0 Å². The summed E-state index contributed by atoms with van der Waals surface area (Å²) < 4.78 is 10.7. The lowest BCUT2D eigenvalue weighted by atomic mass is 9.89. The van der Waals surface area contributed by atoms with E-state index in [9.17, 15) is 4.79 Å². The molecule has 1 heterocycles. The Morgan fingerprint density at radius 2 is 1.85 bits per heavy atom. The fourth-order valence-electron chi connectivity index (χ4n) is 4.01. The van der Waals surface area contributed by atoms with Crippen LogP contribution in [0, 0.1) is 0 Å². The van der Waals surface area contributed by atoms with E-state index in [1.165, 1.54) is 36.0 Å². The van der Waals surface area contributed by atoms with Crippen molar-refractivity contribution in [2.45, 2.75) is 57.9 Å². The Balaban J connectivity index is 1.36. The zero-order chi connectivity index (χ0) is 18.6. The van der Waals surface area contributed by atoms with Gasteiger partial charge in [0.15, 0.2) is 11.5 Å². The van der Waals surface area contributed by atoms with Crippen LogP contribution >= 0.6 is 0 Å². The molecule has 1 atom stereocenters. The Morgan fingerprint density at radius 3 is 2.70 bits per heavy atom. The molecule has 1 unspecified atom stereocenters. The van der Waals surface area contributed by atoms with Gasteiger partial charge in [0.25, 0.3) is 0 Å². The van der Waals surface area contributed by atoms with Gasteiger partial charge in [0.1, 0.15) is 0 Å². The monoisotopic (exact) mass is 365 g/mol. The molecular formula is C23H27NO3. The molecule has 0 fully saturated rings. The Bertz CT molecular complexity index is 830.